The summed E-state index contributed by atoms with van der Waals surface area (Å²) in [5.74, 6) is 1.92. The molecule has 0 aliphatic rings. The van der Waals surface area contributed by atoms with Crippen LogP contribution in [0.15, 0.2) is 29.2 Å². The lowest BCUT2D eigenvalue weighted by atomic mass is 10.2. The molecule has 0 radical (unpaired) electrons. The molecule has 0 fully saturated rings. The van der Waals surface area contributed by atoms with E-state index in [1.807, 2.05) is 43.9 Å². The smallest absolute Gasteiger partial charge is 0.133 e. The average Bonchev–Trinajstić information content (AvgIpc) is 2.70. The molecule has 19 heavy (non-hydrogen) atoms. The van der Waals surface area contributed by atoms with Gasteiger partial charge in [0, 0.05) is 19.0 Å². The first-order valence-electron chi connectivity index (χ1n) is 6.13. The number of aromatic nitrogens is 2. The van der Waals surface area contributed by atoms with E-state index in [9.17, 15) is 0 Å². The van der Waals surface area contributed by atoms with Crippen LogP contribution in [0.3, 0.4) is 0 Å². The second-order valence-corrected chi connectivity index (χ2v) is 5.07. The fourth-order valence-corrected chi connectivity index (χ4v) is 2.62. The first kappa shape index (κ1) is 13.8. The van der Waals surface area contributed by atoms with Crippen molar-refractivity contribution in [1.29, 1.82) is 0 Å². The van der Waals surface area contributed by atoms with Crippen molar-refractivity contribution < 1.29 is 4.74 Å². The van der Waals surface area contributed by atoms with Crippen molar-refractivity contribution in [2.45, 2.75) is 18.4 Å². The van der Waals surface area contributed by atoms with Crippen LogP contribution in [0, 0.1) is 6.92 Å². The van der Waals surface area contributed by atoms with Crippen LogP contribution in [-0.2, 0) is 13.7 Å². The summed E-state index contributed by atoms with van der Waals surface area (Å²) in [6.07, 6.45) is 2.05. The first-order valence-corrected chi connectivity index (χ1v) is 7.36. The molecule has 0 unspecified atom stereocenters. The van der Waals surface area contributed by atoms with Crippen molar-refractivity contribution in [3.63, 3.8) is 0 Å². The van der Waals surface area contributed by atoms with Gasteiger partial charge in [0.2, 0.25) is 0 Å². The summed E-state index contributed by atoms with van der Waals surface area (Å²) in [6, 6.07) is 8.07. The summed E-state index contributed by atoms with van der Waals surface area (Å²) in [6.45, 7) is 2.52. The molecule has 0 saturated heterocycles. The molecule has 5 heteroatoms. The molecule has 0 bridgehead atoms. The van der Waals surface area contributed by atoms with E-state index in [0.717, 1.165) is 27.7 Å². The average molecular weight is 277 g/mol. The van der Waals surface area contributed by atoms with Crippen LogP contribution < -0.4 is 10.1 Å². The van der Waals surface area contributed by atoms with Crippen LogP contribution >= 0.6 is 11.8 Å². The monoisotopic (exact) mass is 277 g/mol. The van der Waals surface area contributed by atoms with Crippen molar-refractivity contribution in [3.05, 3.63) is 35.5 Å². The van der Waals surface area contributed by atoms with Crippen LogP contribution in [0.1, 0.15) is 11.3 Å². The molecular formula is C14H19N3OS. The largest absolute Gasteiger partial charge is 0.488 e. The van der Waals surface area contributed by atoms with Gasteiger partial charge in [-0.1, -0.05) is 12.1 Å². The molecule has 0 spiro atoms. The lowest BCUT2D eigenvalue weighted by Gasteiger charge is -2.11. The summed E-state index contributed by atoms with van der Waals surface area (Å²) < 4.78 is 7.78. The van der Waals surface area contributed by atoms with E-state index in [4.69, 9.17) is 4.74 Å². The molecule has 2 aromatic rings. The Morgan fingerprint density at radius 2 is 2.11 bits per heavy atom. The number of nitrogens with one attached hydrogen (secondary N) is 1. The third-order valence-corrected chi connectivity index (χ3v) is 3.80. The van der Waals surface area contributed by atoms with Crippen molar-refractivity contribution in [2.75, 3.05) is 18.6 Å². The van der Waals surface area contributed by atoms with E-state index < -0.39 is 0 Å². The van der Waals surface area contributed by atoms with Crippen LogP contribution in [0.5, 0.6) is 5.75 Å². The van der Waals surface area contributed by atoms with Crippen LogP contribution in [-0.4, -0.2) is 23.1 Å². The van der Waals surface area contributed by atoms with Gasteiger partial charge in [0.1, 0.15) is 18.2 Å². The molecule has 4 nitrogen and oxygen atoms in total. The lowest BCUT2D eigenvalue weighted by molar-refractivity contribution is 0.299. The summed E-state index contributed by atoms with van der Waals surface area (Å²) >= 11 is 1.69. The SMILES string of the molecule is CNc1c(COc2ccccc2SC)c(C)nn1C. The highest BCUT2D eigenvalue weighted by molar-refractivity contribution is 7.98. The number of anilines is 1. The highest BCUT2D eigenvalue weighted by Gasteiger charge is 2.13. The molecule has 102 valence electrons. The van der Waals surface area contributed by atoms with Gasteiger partial charge in [-0.2, -0.15) is 5.10 Å². The van der Waals surface area contributed by atoms with E-state index in [1.54, 1.807) is 11.8 Å². The number of benzene rings is 1. The molecule has 1 aromatic carbocycles. The summed E-state index contributed by atoms with van der Waals surface area (Å²) in [7, 11) is 3.83. The number of ether oxygens (including phenoxy) is 1. The number of para-hydroxylation sites is 1. The minimum atomic E-state index is 0.521. The van der Waals surface area contributed by atoms with Gasteiger partial charge in [0.25, 0.3) is 0 Å². The molecule has 0 saturated carbocycles. The van der Waals surface area contributed by atoms with E-state index >= 15 is 0 Å². The molecule has 1 N–H and O–H groups in total. The van der Waals surface area contributed by atoms with Crippen molar-refractivity contribution in [1.82, 2.24) is 9.78 Å². The molecule has 2 rings (SSSR count). The normalized spacial score (nSPS) is 10.5. The Morgan fingerprint density at radius 3 is 2.79 bits per heavy atom. The second kappa shape index (κ2) is 6.02. The number of hydrogen-bond donors (Lipinski definition) is 1. The third kappa shape index (κ3) is 2.87. The Bertz CT molecular complexity index is 566. The minimum Gasteiger partial charge on any atom is -0.488 e. The van der Waals surface area contributed by atoms with Gasteiger partial charge in [-0.3, -0.25) is 4.68 Å². The zero-order valence-electron chi connectivity index (χ0n) is 11.7. The first-order chi connectivity index (χ1) is 9.17. The molecule has 1 heterocycles. The van der Waals surface area contributed by atoms with Crippen molar-refractivity contribution >= 4 is 17.6 Å². The maximum absolute atomic E-state index is 5.94. The topological polar surface area (TPSA) is 39.1 Å². The van der Waals surface area contributed by atoms with Crippen LogP contribution in [0.4, 0.5) is 5.82 Å². The van der Waals surface area contributed by atoms with Crippen LogP contribution in [0.25, 0.3) is 0 Å². The van der Waals surface area contributed by atoms with Crippen LogP contribution in [0.2, 0.25) is 0 Å². The fraction of sp³-hybridized carbons (Fsp3) is 0.357. The number of nitrogens with zero attached hydrogens (tertiary/aromatic N) is 2. The predicted molar refractivity (Wildman–Crippen MR) is 80.0 cm³/mol. The highest BCUT2D eigenvalue weighted by atomic mass is 32.2. The van der Waals surface area contributed by atoms with Gasteiger partial charge in [-0.05, 0) is 25.3 Å². The Balaban J connectivity index is 2.19. The third-order valence-electron chi connectivity index (χ3n) is 3.02. The molecule has 0 atom stereocenters. The Labute approximate surface area is 118 Å². The molecule has 1 aromatic heterocycles. The number of aryl methyl sites for hydroxylation is 2. The van der Waals surface area contributed by atoms with Gasteiger partial charge in [0.15, 0.2) is 0 Å². The van der Waals surface area contributed by atoms with E-state index in [-0.39, 0.29) is 0 Å². The highest BCUT2D eigenvalue weighted by Crippen LogP contribution is 2.28. The summed E-state index contributed by atoms with van der Waals surface area (Å²) in [5, 5.41) is 7.57. The van der Waals surface area contributed by atoms with E-state index in [2.05, 4.69) is 22.7 Å². The maximum Gasteiger partial charge on any atom is 0.133 e. The van der Waals surface area contributed by atoms with Gasteiger partial charge in [-0.25, -0.2) is 0 Å². The minimum absolute atomic E-state index is 0.521. The zero-order chi connectivity index (χ0) is 13.8. The summed E-state index contributed by atoms with van der Waals surface area (Å²) in [4.78, 5) is 1.15. The Morgan fingerprint density at radius 1 is 1.37 bits per heavy atom. The molecule has 0 amide bonds. The molecular weight excluding hydrogens is 258 g/mol. The lowest BCUT2D eigenvalue weighted by Crippen LogP contribution is -2.03. The van der Waals surface area contributed by atoms with Gasteiger partial charge < -0.3 is 10.1 Å². The number of thioether (sulfide) groups is 1. The Hall–Kier alpha value is -1.62. The second-order valence-electron chi connectivity index (χ2n) is 4.23. The quantitative estimate of drug-likeness (QED) is 0.853. The van der Waals surface area contributed by atoms with Crippen molar-refractivity contribution in [3.8, 4) is 5.75 Å². The van der Waals surface area contributed by atoms with E-state index in [1.165, 1.54) is 0 Å². The Kier molecular flexibility index (Phi) is 4.37. The van der Waals surface area contributed by atoms with E-state index in [0.29, 0.717) is 6.61 Å². The molecule has 0 aliphatic carbocycles. The number of hydrogen-bond acceptors (Lipinski definition) is 4. The van der Waals surface area contributed by atoms with Gasteiger partial charge >= 0.3 is 0 Å². The van der Waals surface area contributed by atoms with Crippen molar-refractivity contribution in [2.24, 2.45) is 7.05 Å². The fourth-order valence-electron chi connectivity index (χ4n) is 2.08. The van der Waals surface area contributed by atoms with Gasteiger partial charge in [-0.15, -0.1) is 11.8 Å². The predicted octanol–water partition coefficient (Wildman–Crippen LogP) is 3.07. The maximum atomic E-state index is 5.94. The molecule has 0 aliphatic heterocycles. The standard InChI is InChI=1S/C14H19N3OS/c1-10-11(14(15-2)17(3)16-10)9-18-12-7-5-6-8-13(12)19-4/h5-8,15H,9H2,1-4H3. The zero-order valence-corrected chi connectivity index (χ0v) is 12.5. The number of rotatable bonds is 5. The van der Waals surface area contributed by atoms with Gasteiger partial charge in [0.05, 0.1) is 11.3 Å². The summed E-state index contributed by atoms with van der Waals surface area (Å²) in [5.41, 5.74) is 2.09.